The summed E-state index contributed by atoms with van der Waals surface area (Å²) in [4.78, 5) is 28.0. The lowest BCUT2D eigenvalue weighted by atomic mass is 9.77. The third-order valence-corrected chi connectivity index (χ3v) is 8.51. The average Bonchev–Trinajstić information content (AvgIpc) is 3.76. The largest absolute Gasteiger partial charge is 0.389 e. The maximum atomic E-state index is 13.7. The number of nitrogens with zero attached hydrogens (tertiary/aromatic N) is 7. The minimum Gasteiger partial charge on any atom is -0.389 e. The van der Waals surface area contributed by atoms with E-state index >= 15 is 0 Å². The van der Waals surface area contributed by atoms with Gasteiger partial charge in [0.05, 0.1) is 36.0 Å². The van der Waals surface area contributed by atoms with Crippen LogP contribution in [0.4, 0.5) is 16.0 Å². The molecular weight excluding hydrogens is 591 g/mol. The van der Waals surface area contributed by atoms with Crippen molar-refractivity contribution in [2.45, 2.75) is 83.1 Å². The number of ether oxygens (including phenoxy) is 1. The van der Waals surface area contributed by atoms with Gasteiger partial charge in [0.25, 0.3) is 5.91 Å². The number of methoxy groups -OCH3 is 1. The lowest BCUT2D eigenvalue weighted by Crippen LogP contribution is -2.50. The molecule has 1 atom stereocenters. The first-order chi connectivity index (χ1) is 21.9. The number of aromatic nitrogens is 8. The van der Waals surface area contributed by atoms with E-state index in [2.05, 4.69) is 30.9 Å². The van der Waals surface area contributed by atoms with E-state index in [0.29, 0.717) is 61.2 Å². The van der Waals surface area contributed by atoms with Gasteiger partial charge in [-0.15, -0.1) is 0 Å². The van der Waals surface area contributed by atoms with E-state index in [4.69, 9.17) is 14.7 Å². The molecule has 5 aromatic heterocycles. The van der Waals surface area contributed by atoms with Crippen molar-refractivity contribution >= 4 is 28.6 Å². The molecule has 0 aliphatic heterocycles. The summed E-state index contributed by atoms with van der Waals surface area (Å²) in [5.41, 5.74) is 0.502. The van der Waals surface area contributed by atoms with Crippen LogP contribution < -0.4 is 10.6 Å². The fourth-order valence-electron chi connectivity index (χ4n) is 6.00. The van der Waals surface area contributed by atoms with Gasteiger partial charge in [-0.3, -0.25) is 9.89 Å². The standard InChI is InChI=1S/C32H39FN10O3/c1-19-14-25(41-40-19)37-28-24-10-13-42(18-31(3,4)45)29(24)39-27(38-28)21-8-11-32(46-5,12-9-21)30(44)36-20(2)22-6-7-26(34-15-22)43-17-23(33)16-35-43/h6-7,10,13-17,20-21,45H,8-9,11-12,18H2,1-5H3,(H,36,44)(H2,37,38,39,40,41)/t20-,21-,32+/m0/s1. The number of carbonyl (C=O) groups is 1. The second-order valence-electron chi connectivity index (χ2n) is 12.7. The predicted molar refractivity (Wildman–Crippen MR) is 169 cm³/mol. The highest BCUT2D eigenvalue weighted by molar-refractivity contribution is 5.89. The van der Waals surface area contributed by atoms with Crippen LogP contribution in [0.25, 0.3) is 16.9 Å². The maximum Gasteiger partial charge on any atom is 0.252 e. The third-order valence-electron chi connectivity index (χ3n) is 8.51. The Kier molecular flexibility index (Phi) is 8.33. The van der Waals surface area contributed by atoms with E-state index in [0.717, 1.165) is 22.8 Å². The van der Waals surface area contributed by atoms with Gasteiger partial charge >= 0.3 is 0 Å². The Bertz CT molecular complexity index is 1830. The van der Waals surface area contributed by atoms with E-state index in [1.54, 1.807) is 33.2 Å². The van der Waals surface area contributed by atoms with Crippen molar-refractivity contribution < 1.29 is 19.0 Å². The first-order valence-corrected chi connectivity index (χ1v) is 15.3. The number of carbonyl (C=O) groups excluding carboxylic acids is 1. The number of anilines is 2. The summed E-state index contributed by atoms with van der Waals surface area (Å²) < 4.78 is 22.6. The highest BCUT2D eigenvalue weighted by Gasteiger charge is 2.43. The number of halogens is 1. The van der Waals surface area contributed by atoms with E-state index < -0.39 is 17.0 Å². The number of hydrogen-bond donors (Lipinski definition) is 4. The van der Waals surface area contributed by atoms with E-state index in [9.17, 15) is 14.3 Å². The number of fused-ring (bicyclic) bond motifs is 1. The maximum absolute atomic E-state index is 13.7. The normalized spacial score (nSPS) is 19.3. The first kappa shape index (κ1) is 31.3. The fraction of sp³-hybridized carbons (Fsp3) is 0.438. The lowest BCUT2D eigenvalue weighted by molar-refractivity contribution is -0.148. The molecule has 1 saturated carbocycles. The Hall–Kier alpha value is -4.69. The van der Waals surface area contributed by atoms with Gasteiger partial charge in [0.2, 0.25) is 0 Å². The van der Waals surface area contributed by atoms with Crippen molar-refractivity contribution in [3.05, 3.63) is 72.0 Å². The summed E-state index contributed by atoms with van der Waals surface area (Å²) in [5, 5.41) is 29.0. The Morgan fingerprint density at radius 3 is 2.63 bits per heavy atom. The Balaban J connectivity index is 1.18. The Labute approximate surface area is 265 Å². The van der Waals surface area contributed by atoms with Crippen LogP contribution >= 0.6 is 0 Å². The quantitative estimate of drug-likeness (QED) is 0.173. The summed E-state index contributed by atoms with van der Waals surface area (Å²) in [6, 6.07) is 7.07. The van der Waals surface area contributed by atoms with Crippen LogP contribution in [0, 0.1) is 12.7 Å². The van der Waals surface area contributed by atoms with Gasteiger partial charge in [0, 0.05) is 37.2 Å². The highest BCUT2D eigenvalue weighted by Crippen LogP contribution is 2.40. The summed E-state index contributed by atoms with van der Waals surface area (Å²) in [6.07, 6.45) is 8.19. The number of H-pyrrole nitrogens is 1. The van der Waals surface area contributed by atoms with Crippen molar-refractivity contribution in [2.24, 2.45) is 0 Å². The molecule has 0 spiro atoms. The number of aromatic amines is 1. The van der Waals surface area contributed by atoms with Crippen LogP contribution in [0.15, 0.2) is 49.1 Å². The van der Waals surface area contributed by atoms with Gasteiger partial charge in [-0.1, -0.05) is 6.07 Å². The van der Waals surface area contributed by atoms with Crippen molar-refractivity contribution in [1.29, 1.82) is 0 Å². The Morgan fingerprint density at radius 2 is 2.02 bits per heavy atom. The zero-order chi connectivity index (χ0) is 32.6. The molecule has 5 aromatic rings. The number of pyridine rings is 1. The fourth-order valence-corrected chi connectivity index (χ4v) is 6.00. The second kappa shape index (κ2) is 12.2. The van der Waals surface area contributed by atoms with Crippen molar-refractivity contribution in [3.63, 3.8) is 0 Å². The van der Waals surface area contributed by atoms with Crippen LogP contribution in [0.3, 0.4) is 0 Å². The molecule has 1 fully saturated rings. The zero-order valence-electron chi connectivity index (χ0n) is 26.6. The number of aliphatic hydroxyl groups is 1. The molecular formula is C32H39FN10O3. The van der Waals surface area contributed by atoms with Crippen molar-refractivity contribution in [1.82, 2.24) is 44.8 Å². The number of nitrogens with one attached hydrogen (secondary N) is 3. The molecule has 46 heavy (non-hydrogen) atoms. The van der Waals surface area contributed by atoms with Gasteiger partial charge in [0.15, 0.2) is 17.5 Å². The van der Waals surface area contributed by atoms with Crippen LogP contribution in [-0.4, -0.2) is 68.8 Å². The zero-order valence-corrected chi connectivity index (χ0v) is 26.6. The highest BCUT2D eigenvalue weighted by atomic mass is 19.1. The van der Waals surface area contributed by atoms with Crippen LogP contribution in [0.2, 0.25) is 0 Å². The van der Waals surface area contributed by atoms with Gasteiger partial charge < -0.3 is 25.0 Å². The van der Waals surface area contributed by atoms with Gasteiger partial charge in [-0.25, -0.2) is 24.0 Å². The average molecular weight is 631 g/mol. The molecule has 1 aliphatic carbocycles. The van der Waals surface area contributed by atoms with Gasteiger partial charge in [-0.05, 0) is 71.1 Å². The lowest BCUT2D eigenvalue weighted by Gasteiger charge is -2.38. The summed E-state index contributed by atoms with van der Waals surface area (Å²) in [5.74, 6) is 1.78. The number of hydrogen-bond acceptors (Lipinski definition) is 9. The van der Waals surface area contributed by atoms with Crippen molar-refractivity contribution in [2.75, 3.05) is 12.4 Å². The summed E-state index contributed by atoms with van der Waals surface area (Å²) in [7, 11) is 1.57. The minimum absolute atomic E-state index is 0.00580. The molecule has 0 saturated heterocycles. The topological polar surface area (TPSA) is 161 Å². The van der Waals surface area contributed by atoms with Crippen LogP contribution in [0.1, 0.15) is 75.5 Å². The Morgan fingerprint density at radius 1 is 1.24 bits per heavy atom. The van der Waals surface area contributed by atoms with Crippen LogP contribution in [-0.2, 0) is 16.1 Å². The molecule has 5 heterocycles. The summed E-state index contributed by atoms with van der Waals surface area (Å²) in [6.45, 7) is 7.71. The van der Waals surface area contributed by atoms with Crippen molar-refractivity contribution in [3.8, 4) is 5.82 Å². The smallest absolute Gasteiger partial charge is 0.252 e. The van der Waals surface area contributed by atoms with Gasteiger partial charge in [0.1, 0.15) is 22.9 Å². The minimum atomic E-state index is -0.996. The number of aryl methyl sites for hydroxylation is 1. The molecule has 242 valence electrons. The molecule has 6 rings (SSSR count). The third kappa shape index (κ3) is 6.49. The molecule has 0 radical (unpaired) electrons. The van der Waals surface area contributed by atoms with E-state index in [-0.39, 0.29) is 17.9 Å². The molecule has 0 unspecified atom stereocenters. The van der Waals surface area contributed by atoms with Crippen LogP contribution in [0.5, 0.6) is 0 Å². The second-order valence-corrected chi connectivity index (χ2v) is 12.7. The number of amides is 1. The molecule has 1 aliphatic rings. The van der Waals surface area contributed by atoms with E-state index in [1.807, 2.05) is 42.8 Å². The molecule has 13 nitrogen and oxygen atoms in total. The SMILES string of the molecule is CO[C@]1(C(=O)N[C@@H](C)c2ccc(-n3cc(F)cn3)nc2)CC[C@H](c2nc(Nc3cc(C)[nH]n3)c3ccn(CC(C)(C)O)c3n2)CC1. The first-order valence-electron chi connectivity index (χ1n) is 15.3. The molecule has 1 amide bonds. The van der Waals surface area contributed by atoms with Gasteiger partial charge in [-0.2, -0.15) is 10.2 Å². The van der Waals surface area contributed by atoms with E-state index in [1.165, 1.54) is 10.9 Å². The molecule has 4 N–H and O–H groups in total. The number of rotatable bonds is 10. The predicted octanol–water partition coefficient (Wildman–Crippen LogP) is 4.62. The summed E-state index contributed by atoms with van der Waals surface area (Å²) >= 11 is 0. The monoisotopic (exact) mass is 630 g/mol. The molecule has 0 bridgehead atoms. The molecule has 14 heteroatoms. The molecule has 0 aromatic carbocycles.